The molecule has 0 aliphatic carbocycles. The first-order valence-corrected chi connectivity index (χ1v) is 11.2. The number of nitrogens with zero attached hydrogens (tertiary/aromatic N) is 1. The van der Waals surface area contributed by atoms with Crippen molar-refractivity contribution in [3.63, 3.8) is 0 Å². The summed E-state index contributed by atoms with van der Waals surface area (Å²) in [7, 11) is 3.68. The van der Waals surface area contributed by atoms with Crippen LogP contribution in [0.1, 0.15) is 29.9 Å². The Morgan fingerprint density at radius 1 is 1.12 bits per heavy atom. The van der Waals surface area contributed by atoms with Crippen LogP contribution in [0.15, 0.2) is 48.5 Å². The molecule has 2 aromatic carbocycles. The summed E-state index contributed by atoms with van der Waals surface area (Å²) in [5.74, 6) is 0.516. The predicted octanol–water partition coefficient (Wildman–Crippen LogP) is 1.89. The van der Waals surface area contributed by atoms with Gasteiger partial charge in [0.25, 0.3) is 0 Å². The van der Waals surface area contributed by atoms with Crippen LogP contribution in [0.4, 0.5) is 5.69 Å². The minimum absolute atomic E-state index is 0.0245. The summed E-state index contributed by atoms with van der Waals surface area (Å²) >= 11 is 0. The van der Waals surface area contributed by atoms with Crippen LogP contribution in [-0.2, 0) is 20.9 Å². The van der Waals surface area contributed by atoms with Crippen molar-refractivity contribution in [2.24, 2.45) is 0 Å². The smallest absolute Gasteiger partial charge is 0.238 e. The third-order valence-electron chi connectivity index (χ3n) is 5.99. The van der Waals surface area contributed by atoms with E-state index in [4.69, 9.17) is 9.47 Å². The van der Waals surface area contributed by atoms with Crippen molar-refractivity contribution in [3.8, 4) is 5.75 Å². The highest BCUT2D eigenvalue weighted by Gasteiger charge is 2.46. The molecule has 2 heterocycles. The Morgan fingerprint density at radius 3 is 2.64 bits per heavy atom. The van der Waals surface area contributed by atoms with Gasteiger partial charge in [0.2, 0.25) is 11.8 Å². The molecule has 0 unspecified atom stereocenters. The van der Waals surface area contributed by atoms with Crippen molar-refractivity contribution in [1.29, 1.82) is 0 Å². The van der Waals surface area contributed by atoms with E-state index in [2.05, 4.69) is 10.6 Å². The molecule has 176 valence electrons. The number of likely N-dealkylation sites (N-methyl/N-ethyl adjacent to an activating group) is 1. The quantitative estimate of drug-likeness (QED) is 0.565. The van der Waals surface area contributed by atoms with Crippen molar-refractivity contribution >= 4 is 17.5 Å². The summed E-state index contributed by atoms with van der Waals surface area (Å²) in [5, 5.41) is 15.8. The van der Waals surface area contributed by atoms with Gasteiger partial charge in [-0.25, -0.2) is 0 Å². The fourth-order valence-electron chi connectivity index (χ4n) is 4.53. The SMILES string of the molecule is CN(C)CC(=O)Nc1ccc2c(c1)[C@@H]1C[C@@H](CC(=O)NCc3ccccc3)O[C@H](CO)[C@@H]1O2. The van der Waals surface area contributed by atoms with Gasteiger partial charge in [-0.1, -0.05) is 30.3 Å². The number of ether oxygens (including phenoxy) is 2. The summed E-state index contributed by atoms with van der Waals surface area (Å²) < 4.78 is 12.1. The number of fused-ring (bicyclic) bond motifs is 3. The molecule has 0 bridgehead atoms. The first kappa shape index (κ1) is 23.2. The van der Waals surface area contributed by atoms with Gasteiger partial charge >= 0.3 is 0 Å². The normalized spacial score (nSPS) is 23.4. The highest BCUT2D eigenvalue weighted by Crippen LogP contribution is 2.47. The summed E-state index contributed by atoms with van der Waals surface area (Å²) in [4.78, 5) is 26.5. The van der Waals surface area contributed by atoms with E-state index >= 15 is 0 Å². The molecular formula is C25H31N3O5. The number of carbonyl (C=O) groups excluding carboxylic acids is 2. The zero-order chi connectivity index (χ0) is 23.4. The minimum atomic E-state index is -0.519. The standard InChI is InChI=1S/C25H31N3O5/c1-28(2)14-24(31)27-17-8-9-21-19(10-17)20-11-18(32-22(15-29)25(20)33-21)12-23(30)26-13-16-6-4-3-5-7-16/h3-10,18,20,22,25,29H,11-15H2,1-2H3,(H,26,30)(H,27,31)/t18-,20-,22+,25+/m0/s1. The number of anilines is 1. The molecule has 2 amide bonds. The van der Waals surface area contributed by atoms with E-state index in [1.807, 2.05) is 62.6 Å². The maximum Gasteiger partial charge on any atom is 0.238 e. The summed E-state index contributed by atoms with van der Waals surface area (Å²) in [6, 6.07) is 15.3. The third-order valence-corrected chi connectivity index (χ3v) is 5.99. The van der Waals surface area contributed by atoms with Gasteiger partial charge in [-0.2, -0.15) is 0 Å². The van der Waals surface area contributed by atoms with Gasteiger partial charge < -0.3 is 30.1 Å². The molecule has 4 rings (SSSR count). The number of hydrogen-bond acceptors (Lipinski definition) is 6. The Bertz CT molecular complexity index is 981. The summed E-state index contributed by atoms with van der Waals surface area (Å²) in [6.07, 6.45) is -0.361. The van der Waals surface area contributed by atoms with Crippen molar-refractivity contribution in [2.45, 2.75) is 43.6 Å². The second-order valence-corrected chi connectivity index (χ2v) is 8.91. The molecule has 8 heteroatoms. The number of rotatable bonds is 8. The van der Waals surface area contributed by atoms with Crippen LogP contribution in [0.5, 0.6) is 5.75 Å². The molecule has 3 N–H and O–H groups in total. The van der Waals surface area contributed by atoms with Crippen LogP contribution in [0, 0.1) is 0 Å². The van der Waals surface area contributed by atoms with Crippen LogP contribution in [0.25, 0.3) is 0 Å². The van der Waals surface area contributed by atoms with Gasteiger partial charge in [0, 0.05) is 23.7 Å². The van der Waals surface area contributed by atoms with Crippen molar-refractivity contribution in [1.82, 2.24) is 10.2 Å². The number of amides is 2. The highest BCUT2D eigenvalue weighted by molar-refractivity contribution is 5.92. The van der Waals surface area contributed by atoms with E-state index in [1.165, 1.54) is 0 Å². The van der Waals surface area contributed by atoms with E-state index in [-0.39, 0.29) is 43.0 Å². The fourth-order valence-corrected chi connectivity index (χ4v) is 4.53. The van der Waals surface area contributed by atoms with Gasteiger partial charge in [0.15, 0.2) is 0 Å². The Morgan fingerprint density at radius 2 is 1.91 bits per heavy atom. The number of aliphatic hydroxyl groups excluding tert-OH is 1. The fraction of sp³-hybridized carbons (Fsp3) is 0.440. The van der Waals surface area contributed by atoms with E-state index < -0.39 is 6.10 Å². The first-order chi connectivity index (χ1) is 15.9. The monoisotopic (exact) mass is 453 g/mol. The average molecular weight is 454 g/mol. The van der Waals surface area contributed by atoms with Gasteiger partial charge in [-0.3, -0.25) is 9.59 Å². The van der Waals surface area contributed by atoms with Gasteiger partial charge in [0.1, 0.15) is 18.0 Å². The lowest BCUT2D eigenvalue weighted by Gasteiger charge is -2.37. The number of nitrogens with one attached hydrogen (secondary N) is 2. The molecule has 1 fully saturated rings. The maximum absolute atomic E-state index is 12.5. The number of hydrogen-bond donors (Lipinski definition) is 3. The number of benzene rings is 2. The Balaban J connectivity index is 1.42. The minimum Gasteiger partial charge on any atom is -0.487 e. The molecular weight excluding hydrogens is 422 g/mol. The Hall–Kier alpha value is -2.94. The van der Waals surface area contributed by atoms with Gasteiger partial charge in [-0.15, -0.1) is 0 Å². The molecule has 8 nitrogen and oxygen atoms in total. The lowest BCUT2D eigenvalue weighted by Crippen LogP contribution is -2.47. The molecule has 2 aliphatic heterocycles. The van der Waals surface area contributed by atoms with E-state index in [0.717, 1.165) is 16.9 Å². The second-order valence-electron chi connectivity index (χ2n) is 8.91. The maximum atomic E-state index is 12.5. The lowest BCUT2D eigenvalue weighted by molar-refractivity contribution is -0.142. The highest BCUT2D eigenvalue weighted by atomic mass is 16.6. The van der Waals surface area contributed by atoms with Crippen molar-refractivity contribution in [3.05, 3.63) is 59.7 Å². The molecule has 2 aromatic rings. The molecule has 0 spiro atoms. The zero-order valence-electron chi connectivity index (χ0n) is 19.0. The molecule has 0 aromatic heterocycles. The van der Waals surface area contributed by atoms with Crippen LogP contribution in [-0.4, -0.2) is 67.4 Å². The second kappa shape index (κ2) is 10.3. The number of carbonyl (C=O) groups is 2. The topological polar surface area (TPSA) is 100 Å². The molecule has 2 aliphatic rings. The van der Waals surface area contributed by atoms with E-state index in [0.29, 0.717) is 25.2 Å². The predicted molar refractivity (Wildman–Crippen MR) is 124 cm³/mol. The summed E-state index contributed by atoms with van der Waals surface area (Å²) in [5.41, 5.74) is 2.71. The molecule has 1 saturated heterocycles. The Kier molecular flexibility index (Phi) is 7.27. The first-order valence-electron chi connectivity index (χ1n) is 11.2. The molecule has 0 saturated carbocycles. The van der Waals surface area contributed by atoms with E-state index in [1.54, 1.807) is 4.90 Å². The lowest BCUT2D eigenvalue weighted by atomic mass is 9.84. The van der Waals surface area contributed by atoms with Crippen LogP contribution in [0.3, 0.4) is 0 Å². The zero-order valence-corrected chi connectivity index (χ0v) is 19.0. The Labute approximate surface area is 193 Å². The van der Waals surface area contributed by atoms with Crippen LogP contribution in [0.2, 0.25) is 0 Å². The van der Waals surface area contributed by atoms with Crippen LogP contribution >= 0.6 is 0 Å². The molecule has 0 radical (unpaired) electrons. The third kappa shape index (κ3) is 5.71. The van der Waals surface area contributed by atoms with Crippen LogP contribution < -0.4 is 15.4 Å². The van der Waals surface area contributed by atoms with Gasteiger partial charge in [0.05, 0.1) is 25.7 Å². The largest absolute Gasteiger partial charge is 0.487 e. The average Bonchev–Trinajstić information content (AvgIpc) is 3.15. The van der Waals surface area contributed by atoms with Crippen molar-refractivity contribution < 1.29 is 24.2 Å². The molecule has 4 atom stereocenters. The number of aliphatic hydroxyl groups is 1. The van der Waals surface area contributed by atoms with E-state index in [9.17, 15) is 14.7 Å². The summed E-state index contributed by atoms with van der Waals surface area (Å²) in [6.45, 7) is 0.563. The van der Waals surface area contributed by atoms with Gasteiger partial charge in [-0.05, 0) is 44.3 Å². The van der Waals surface area contributed by atoms with Crippen molar-refractivity contribution in [2.75, 3.05) is 32.6 Å². The molecule has 33 heavy (non-hydrogen) atoms.